The predicted octanol–water partition coefficient (Wildman–Crippen LogP) is 3.15. The molecule has 0 radical (unpaired) electrons. The maximum Gasteiger partial charge on any atom is 0.145 e. The summed E-state index contributed by atoms with van der Waals surface area (Å²) >= 11 is 13.2. The van der Waals surface area contributed by atoms with Crippen molar-refractivity contribution in [3.05, 3.63) is 16.1 Å². The van der Waals surface area contributed by atoms with Crippen molar-refractivity contribution in [1.29, 1.82) is 0 Å². The lowest BCUT2D eigenvalue weighted by atomic mass is 10.4. The van der Waals surface area contributed by atoms with Crippen molar-refractivity contribution in [2.24, 2.45) is 0 Å². The van der Waals surface area contributed by atoms with Crippen molar-refractivity contribution in [2.75, 3.05) is 18.6 Å². The molecule has 0 amide bonds. The molecule has 0 saturated heterocycles. The second-order valence-corrected chi connectivity index (χ2v) is 3.67. The first-order chi connectivity index (χ1) is 5.69. The smallest absolute Gasteiger partial charge is 0.145 e. The lowest BCUT2D eigenvalue weighted by molar-refractivity contribution is 1.13. The van der Waals surface area contributed by atoms with Gasteiger partial charge in [-0.2, -0.15) is 0 Å². The molecule has 1 heterocycles. The molecule has 1 aromatic heterocycles. The minimum Gasteiger partial charge on any atom is -0.372 e. The van der Waals surface area contributed by atoms with Gasteiger partial charge in [-0.25, -0.2) is 4.98 Å². The van der Waals surface area contributed by atoms with Crippen molar-refractivity contribution in [3.8, 4) is 0 Å². The molecule has 0 atom stereocenters. The van der Waals surface area contributed by atoms with Gasteiger partial charge in [-0.1, -0.05) is 23.2 Å². The molecule has 0 saturated carbocycles. The maximum absolute atomic E-state index is 5.86. The van der Waals surface area contributed by atoms with Crippen molar-refractivity contribution in [2.45, 2.75) is 5.03 Å². The van der Waals surface area contributed by atoms with E-state index in [-0.39, 0.29) is 0 Å². The second kappa shape index (κ2) is 4.21. The van der Waals surface area contributed by atoms with Crippen molar-refractivity contribution in [1.82, 2.24) is 4.98 Å². The van der Waals surface area contributed by atoms with Crippen molar-refractivity contribution < 1.29 is 0 Å². The molecule has 1 rings (SSSR count). The predicted molar refractivity (Wildman–Crippen MR) is 55.6 cm³/mol. The largest absolute Gasteiger partial charge is 0.372 e. The van der Waals surface area contributed by atoms with Crippen LogP contribution in [0.3, 0.4) is 0 Å². The number of aromatic nitrogens is 1. The van der Waals surface area contributed by atoms with E-state index in [1.54, 1.807) is 13.1 Å². The summed E-state index contributed by atoms with van der Waals surface area (Å²) in [5, 5.41) is 4.80. The van der Waals surface area contributed by atoms with E-state index in [9.17, 15) is 0 Å². The Kier molecular flexibility index (Phi) is 3.50. The van der Waals surface area contributed by atoms with Gasteiger partial charge in [-0.05, 0) is 12.3 Å². The first-order valence-corrected chi connectivity index (χ1v) is 5.25. The minimum atomic E-state index is 0.542. The van der Waals surface area contributed by atoms with Crippen LogP contribution in [0.2, 0.25) is 10.0 Å². The lowest BCUT2D eigenvalue weighted by Gasteiger charge is -2.05. The third-order valence-electron chi connectivity index (χ3n) is 1.33. The number of halogens is 2. The molecule has 12 heavy (non-hydrogen) atoms. The molecule has 5 heteroatoms. The third kappa shape index (κ3) is 1.97. The fourth-order valence-corrected chi connectivity index (χ4v) is 1.89. The van der Waals surface area contributed by atoms with Crippen LogP contribution in [0.5, 0.6) is 0 Å². The molecule has 0 bridgehead atoms. The summed E-state index contributed by atoms with van der Waals surface area (Å²) in [5.41, 5.74) is 0. The summed E-state index contributed by atoms with van der Waals surface area (Å²) in [5.74, 6) is 0.658. The third-order valence-corrected chi connectivity index (χ3v) is 2.71. The highest BCUT2D eigenvalue weighted by atomic mass is 35.5. The Morgan fingerprint density at radius 3 is 2.58 bits per heavy atom. The van der Waals surface area contributed by atoms with Crippen LogP contribution in [0, 0.1) is 0 Å². The molecule has 2 nitrogen and oxygen atoms in total. The Hall–Kier alpha value is -0.120. The standard InChI is InChI=1S/C7H8Cl2N2S/c1-10-6-4(8)3-5(9)7(11-6)12-2/h3H,1-2H3,(H,10,11). The minimum absolute atomic E-state index is 0.542. The quantitative estimate of drug-likeness (QED) is 0.779. The number of thioether (sulfide) groups is 1. The van der Waals surface area contributed by atoms with Crippen LogP contribution in [0.25, 0.3) is 0 Å². The second-order valence-electron chi connectivity index (χ2n) is 2.06. The number of nitrogens with zero attached hydrogens (tertiary/aromatic N) is 1. The number of hydrogen-bond acceptors (Lipinski definition) is 3. The molecule has 0 aliphatic heterocycles. The average molecular weight is 223 g/mol. The van der Waals surface area contributed by atoms with Gasteiger partial charge in [-0.3, -0.25) is 0 Å². The summed E-state index contributed by atoms with van der Waals surface area (Å²) in [4.78, 5) is 4.20. The molecule has 1 N–H and O–H groups in total. The summed E-state index contributed by atoms with van der Waals surface area (Å²) in [6, 6.07) is 1.69. The highest BCUT2D eigenvalue weighted by Gasteiger charge is 2.06. The Bertz CT molecular complexity index is 266. The first kappa shape index (κ1) is 9.96. The normalized spacial score (nSPS) is 10.0. The summed E-state index contributed by atoms with van der Waals surface area (Å²) in [6.07, 6.45) is 1.92. The van der Waals surface area contributed by atoms with Crippen LogP contribution < -0.4 is 5.32 Å². The van der Waals surface area contributed by atoms with E-state index in [1.165, 1.54) is 11.8 Å². The molecule has 0 fully saturated rings. The summed E-state index contributed by atoms with van der Waals surface area (Å²) in [7, 11) is 1.77. The van der Waals surface area contributed by atoms with E-state index < -0.39 is 0 Å². The summed E-state index contributed by atoms with van der Waals surface area (Å²) < 4.78 is 0. The maximum atomic E-state index is 5.86. The number of nitrogens with one attached hydrogen (secondary N) is 1. The molecule has 0 unspecified atom stereocenters. The SMILES string of the molecule is CNc1nc(SC)c(Cl)cc1Cl. The van der Waals surface area contributed by atoms with Gasteiger partial charge in [0.25, 0.3) is 0 Å². The van der Waals surface area contributed by atoms with Crippen LogP contribution in [-0.4, -0.2) is 18.3 Å². The fourth-order valence-electron chi connectivity index (χ4n) is 0.768. The first-order valence-electron chi connectivity index (χ1n) is 3.26. The van der Waals surface area contributed by atoms with Crippen molar-refractivity contribution in [3.63, 3.8) is 0 Å². The monoisotopic (exact) mass is 222 g/mol. The summed E-state index contributed by atoms with van der Waals surface area (Å²) in [6.45, 7) is 0. The zero-order valence-corrected chi connectivity index (χ0v) is 9.02. The molecule has 0 aliphatic rings. The van der Waals surface area contributed by atoms with E-state index in [0.717, 1.165) is 5.03 Å². The van der Waals surface area contributed by atoms with Gasteiger partial charge in [0.1, 0.15) is 10.8 Å². The zero-order chi connectivity index (χ0) is 9.14. The molecule has 66 valence electrons. The topological polar surface area (TPSA) is 24.9 Å². The van der Waals surface area contributed by atoms with Crippen LogP contribution in [0.15, 0.2) is 11.1 Å². The Balaban J connectivity index is 3.18. The fraction of sp³-hybridized carbons (Fsp3) is 0.286. The van der Waals surface area contributed by atoms with E-state index in [2.05, 4.69) is 10.3 Å². The number of anilines is 1. The van der Waals surface area contributed by atoms with Gasteiger partial charge in [-0.15, -0.1) is 11.8 Å². The Morgan fingerprint density at radius 1 is 1.42 bits per heavy atom. The molecule has 0 spiro atoms. The number of hydrogen-bond donors (Lipinski definition) is 1. The van der Waals surface area contributed by atoms with Crippen LogP contribution in [-0.2, 0) is 0 Å². The van der Waals surface area contributed by atoms with Crippen LogP contribution >= 0.6 is 35.0 Å². The molecule has 0 aromatic carbocycles. The number of pyridine rings is 1. The Morgan fingerprint density at radius 2 is 2.08 bits per heavy atom. The molecular formula is C7H8Cl2N2S. The van der Waals surface area contributed by atoms with Gasteiger partial charge in [0.2, 0.25) is 0 Å². The van der Waals surface area contributed by atoms with Gasteiger partial charge in [0.15, 0.2) is 0 Å². The van der Waals surface area contributed by atoms with Gasteiger partial charge >= 0.3 is 0 Å². The van der Waals surface area contributed by atoms with Gasteiger partial charge < -0.3 is 5.32 Å². The van der Waals surface area contributed by atoms with E-state index in [0.29, 0.717) is 15.9 Å². The van der Waals surface area contributed by atoms with Gasteiger partial charge in [0, 0.05) is 7.05 Å². The highest BCUT2D eigenvalue weighted by Crippen LogP contribution is 2.30. The lowest BCUT2D eigenvalue weighted by Crippen LogP contribution is -1.94. The van der Waals surface area contributed by atoms with Crippen molar-refractivity contribution >= 4 is 40.8 Å². The highest BCUT2D eigenvalue weighted by molar-refractivity contribution is 7.98. The van der Waals surface area contributed by atoms with Gasteiger partial charge in [0.05, 0.1) is 10.0 Å². The van der Waals surface area contributed by atoms with E-state index in [4.69, 9.17) is 23.2 Å². The number of rotatable bonds is 2. The molecule has 1 aromatic rings. The molecular weight excluding hydrogens is 215 g/mol. The van der Waals surface area contributed by atoms with Crippen LogP contribution in [0.1, 0.15) is 0 Å². The average Bonchev–Trinajstić information content (AvgIpc) is 2.05. The van der Waals surface area contributed by atoms with E-state index >= 15 is 0 Å². The molecule has 0 aliphatic carbocycles. The zero-order valence-electron chi connectivity index (χ0n) is 6.69. The van der Waals surface area contributed by atoms with E-state index in [1.807, 2.05) is 6.26 Å². The van der Waals surface area contributed by atoms with Crippen LogP contribution in [0.4, 0.5) is 5.82 Å². The Labute approximate surface area is 85.7 Å².